The first-order valence-corrected chi connectivity index (χ1v) is 8.53. The van der Waals surface area contributed by atoms with Gasteiger partial charge in [-0.05, 0) is 42.0 Å². The van der Waals surface area contributed by atoms with E-state index in [0.717, 1.165) is 16.9 Å². The molecule has 0 saturated carbocycles. The molecule has 7 heteroatoms. The van der Waals surface area contributed by atoms with E-state index < -0.39 is 0 Å². The summed E-state index contributed by atoms with van der Waals surface area (Å²) in [6, 6.07) is 11.1. The maximum Gasteiger partial charge on any atom is 0.228 e. The molecule has 6 nitrogen and oxygen atoms in total. The third-order valence-electron chi connectivity index (χ3n) is 3.97. The van der Waals surface area contributed by atoms with Crippen molar-refractivity contribution in [2.24, 2.45) is 0 Å². The Bertz CT molecular complexity index is 924. The zero-order valence-electron chi connectivity index (χ0n) is 13.8. The van der Waals surface area contributed by atoms with Gasteiger partial charge < -0.3 is 19.4 Å². The first-order valence-electron chi connectivity index (χ1n) is 8.15. The summed E-state index contributed by atoms with van der Waals surface area (Å²) < 4.78 is 12.9. The van der Waals surface area contributed by atoms with Crippen LogP contribution < -0.4 is 14.8 Å². The van der Waals surface area contributed by atoms with Gasteiger partial charge in [-0.3, -0.25) is 4.79 Å². The summed E-state index contributed by atoms with van der Waals surface area (Å²) in [5.41, 5.74) is 2.47. The van der Waals surface area contributed by atoms with Crippen LogP contribution in [0.2, 0.25) is 5.02 Å². The van der Waals surface area contributed by atoms with Crippen LogP contribution in [0.4, 0.5) is 5.69 Å². The van der Waals surface area contributed by atoms with E-state index in [9.17, 15) is 4.79 Å². The van der Waals surface area contributed by atoms with E-state index in [1.54, 1.807) is 24.7 Å². The molecule has 0 atom stereocenters. The quantitative estimate of drug-likeness (QED) is 0.764. The van der Waals surface area contributed by atoms with Gasteiger partial charge in [-0.1, -0.05) is 11.6 Å². The number of nitrogens with one attached hydrogen (secondary N) is 1. The van der Waals surface area contributed by atoms with Gasteiger partial charge in [0.05, 0.1) is 17.8 Å². The maximum atomic E-state index is 12.3. The molecule has 1 aromatic heterocycles. The van der Waals surface area contributed by atoms with Crippen molar-refractivity contribution in [1.82, 2.24) is 9.55 Å². The Morgan fingerprint density at radius 1 is 1.19 bits per heavy atom. The number of benzene rings is 2. The number of fused-ring (bicyclic) bond motifs is 1. The minimum absolute atomic E-state index is 0.131. The highest BCUT2D eigenvalue weighted by Crippen LogP contribution is 2.38. The molecular formula is C19H16ClN3O3. The molecule has 0 unspecified atom stereocenters. The Labute approximate surface area is 155 Å². The van der Waals surface area contributed by atoms with Crippen LogP contribution in [0.5, 0.6) is 11.5 Å². The van der Waals surface area contributed by atoms with Crippen molar-refractivity contribution < 1.29 is 14.3 Å². The minimum Gasteiger partial charge on any atom is -0.486 e. The van der Waals surface area contributed by atoms with E-state index in [0.29, 0.717) is 29.7 Å². The van der Waals surface area contributed by atoms with Gasteiger partial charge in [0.25, 0.3) is 0 Å². The molecule has 4 rings (SSSR count). The predicted molar refractivity (Wildman–Crippen MR) is 98.3 cm³/mol. The van der Waals surface area contributed by atoms with Crippen molar-refractivity contribution in [2.45, 2.75) is 6.42 Å². The molecule has 1 N–H and O–H groups in total. The van der Waals surface area contributed by atoms with Crippen LogP contribution in [0.3, 0.4) is 0 Å². The fraction of sp³-hybridized carbons (Fsp3) is 0.158. The van der Waals surface area contributed by atoms with Gasteiger partial charge in [0, 0.05) is 23.8 Å². The van der Waals surface area contributed by atoms with Crippen molar-refractivity contribution in [3.05, 3.63) is 65.7 Å². The van der Waals surface area contributed by atoms with Crippen LogP contribution in [0.25, 0.3) is 5.69 Å². The maximum absolute atomic E-state index is 12.3. The first kappa shape index (κ1) is 16.5. The van der Waals surface area contributed by atoms with E-state index in [4.69, 9.17) is 21.1 Å². The Hall–Kier alpha value is -2.99. The normalized spacial score (nSPS) is 12.7. The minimum atomic E-state index is -0.131. The lowest BCUT2D eigenvalue weighted by Gasteiger charge is -2.20. The summed E-state index contributed by atoms with van der Waals surface area (Å²) in [4.78, 5) is 16.4. The van der Waals surface area contributed by atoms with E-state index in [1.807, 2.05) is 35.0 Å². The fourth-order valence-electron chi connectivity index (χ4n) is 2.79. The smallest absolute Gasteiger partial charge is 0.228 e. The molecule has 0 saturated heterocycles. The van der Waals surface area contributed by atoms with E-state index in [2.05, 4.69) is 10.3 Å². The van der Waals surface area contributed by atoms with Crippen molar-refractivity contribution >= 4 is 23.2 Å². The number of carbonyl (C=O) groups excluding carboxylic acids is 1. The number of rotatable bonds is 4. The van der Waals surface area contributed by atoms with Crippen LogP contribution in [0.1, 0.15) is 5.56 Å². The fourth-order valence-corrected chi connectivity index (χ4v) is 3.07. The molecule has 0 radical (unpaired) electrons. The molecule has 1 aliphatic heterocycles. The lowest BCUT2D eigenvalue weighted by Crippen LogP contribution is -2.17. The molecule has 3 aromatic rings. The van der Waals surface area contributed by atoms with Crippen LogP contribution >= 0.6 is 11.6 Å². The number of ether oxygens (including phenoxy) is 2. The highest BCUT2D eigenvalue weighted by molar-refractivity contribution is 6.32. The van der Waals surface area contributed by atoms with E-state index >= 15 is 0 Å². The van der Waals surface area contributed by atoms with Gasteiger partial charge in [-0.15, -0.1) is 0 Å². The summed E-state index contributed by atoms with van der Waals surface area (Å²) in [7, 11) is 0. The Morgan fingerprint density at radius 2 is 2.00 bits per heavy atom. The van der Waals surface area contributed by atoms with Crippen molar-refractivity contribution in [1.29, 1.82) is 0 Å². The molecule has 132 valence electrons. The summed E-state index contributed by atoms with van der Waals surface area (Å²) in [5, 5.41) is 3.34. The van der Waals surface area contributed by atoms with E-state index in [-0.39, 0.29) is 12.3 Å². The molecule has 0 spiro atoms. The molecule has 26 heavy (non-hydrogen) atoms. The predicted octanol–water partition coefficient (Wildman–Crippen LogP) is 3.48. The second kappa shape index (κ2) is 7.09. The van der Waals surface area contributed by atoms with Crippen molar-refractivity contribution in [3.63, 3.8) is 0 Å². The third kappa shape index (κ3) is 3.50. The number of anilines is 1. The van der Waals surface area contributed by atoms with Gasteiger partial charge >= 0.3 is 0 Å². The average Bonchev–Trinajstić information content (AvgIpc) is 3.17. The molecule has 1 amide bonds. The molecule has 2 heterocycles. The number of imidazole rings is 1. The summed E-state index contributed by atoms with van der Waals surface area (Å²) in [6.45, 7) is 0.948. The zero-order valence-corrected chi connectivity index (χ0v) is 14.6. The van der Waals surface area contributed by atoms with Crippen molar-refractivity contribution in [2.75, 3.05) is 18.5 Å². The Balaban J connectivity index is 1.43. The lowest BCUT2D eigenvalue weighted by molar-refractivity contribution is -0.115. The number of aromatic nitrogens is 2. The van der Waals surface area contributed by atoms with Gasteiger partial charge in [0.1, 0.15) is 13.2 Å². The first-order chi connectivity index (χ1) is 12.7. The topological polar surface area (TPSA) is 65.4 Å². The van der Waals surface area contributed by atoms with Crippen LogP contribution in [0.15, 0.2) is 55.1 Å². The highest BCUT2D eigenvalue weighted by Gasteiger charge is 2.17. The van der Waals surface area contributed by atoms with Crippen LogP contribution in [-0.2, 0) is 11.2 Å². The van der Waals surface area contributed by atoms with Crippen LogP contribution in [-0.4, -0.2) is 28.7 Å². The Morgan fingerprint density at radius 3 is 2.77 bits per heavy atom. The summed E-state index contributed by atoms with van der Waals surface area (Å²) in [5.74, 6) is 0.988. The number of carbonyl (C=O) groups is 1. The number of amides is 1. The van der Waals surface area contributed by atoms with Crippen LogP contribution in [0, 0.1) is 0 Å². The van der Waals surface area contributed by atoms with Gasteiger partial charge in [0.2, 0.25) is 5.91 Å². The molecule has 0 fully saturated rings. The molecule has 1 aliphatic rings. The molecule has 0 bridgehead atoms. The lowest BCUT2D eigenvalue weighted by atomic mass is 10.1. The molecular weight excluding hydrogens is 354 g/mol. The average molecular weight is 370 g/mol. The Kier molecular flexibility index (Phi) is 4.50. The number of hydrogen-bond donors (Lipinski definition) is 1. The largest absolute Gasteiger partial charge is 0.486 e. The monoisotopic (exact) mass is 369 g/mol. The number of hydrogen-bond acceptors (Lipinski definition) is 4. The van der Waals surface area contributed by atoms with Crippen molar-refractivity contribution in [3.8, 4) is 17.2 Å². The second-order valence-corrected chi connectivity index (χ2v) is 6.25. The standard InChI is InChI=1S/C19H16ClN3O3/c20-16-9-13(10-17-19(16)26-8-7-25-17)11-18(24)22-14-1-3-15(4-2-14)23-6-5-21-12-23/h1-6,9-10,12H,7-8,11H2,(H,22,24). The summed E-state index contributed by atoms with van der Waals surface area (Å²) in [6.07, 6.45) is 5.49. The van der Waals surface area contributed by atoms with Gasteiger partial charge in [-0.25, -0.2) is 4.98 Å². The van der Waals surface area contributed by atoms with Gasteiger partial charge in [0.15, 0.2) is 11.5 Å². The third-order valence-corrected chi connectivity index (χ3v) is 4.26. The molecule has 2 aromatic carbocycles. The SMILES string of the molecule is O=C(Cc1cc(Cl)c2c(c1)OCCO2)Nc1ccc(-n2ccnc2)cc1. The number of halogens is 1. The molecule has 0 aliphatic carbocycles. The summed E-state index contributed by atoms with van der Waals surface area (Å²) >= 11 is 6.21. The van der Waals surface area contributed by atoms with E-state index in [1.165, 1.54) is 0 Å². The highest BCUT2D eigenvalue weighted by atomic mass is 35.5. The zero-order chi connectivity index (χ0) is 17.9. The number of nitrogens with zero attached hydrogens (tertiary/aromatic N) is 2. The second-order valence-electron chi connectivity index (χ2n) is 5.84. The van der Waals surface area contributed by atoms with Gasteiger partial charge in [-0.2, -0.15) is 0 Å².